The van der Waals surface area contributed by atoms with Gasteiger partial charge in [0.15, 0.2) is 0 Å². The lowest BCUT2D eigenvalue weighted by atomic mass is 10.2. The van der Waals surface area contributed by atoms with Crippen LogP contribution >= 0.6 is 0 Å². The van der Waals surface area contributed by atoms with E-state index in [2.05, 4.69) is 0 Å². The lowest BCUT2D eigenvalue weighted by Crippen LogP contribution is -1.96. The van der Waals surface area contributed by atoms with Crippen molar-refractivity contribution in [3.8, 4) is 11.5 Å². The zero-order valence-corrected chi connectivity index (χ0v) is 9.72. The molecule has 2 rings (SSSR count). The van der Waals surface area contributed by atoms with Gasteiger partial charge in [-0.2, -0.15) is 0 Å². The summed E-state index contributed by atoms with van der Waals surface area (Å²) in [7, 11) is 1.65. The number of nitrogen functional groups attached to an aromatic ring is 1. The minimum atomic E-state index is 0.501. The fourth-order valence-corrected chi connectivity index (χ4v) is 1.53. The van der Waals surface area contributed by atoms with Crippen LogP contribution in [0, 0.1) is 0 Å². The van der Waals surface area contributed by atoms with Gasteiger partial charge in [-0.25, -0.2) is 0 Å². The summed E-state index contributed by atoms with van der Waals surface area (Å²) < 4.78 is 10.8. The summed E-state index contributed by atoms with van der Waals surface area (Å²) in [6.07, 6.45) is 0. The molecule has 0 aliphatic rings. The minimum Gasteiger partial charge on any atom is -0.497 e. The molecule has 2 N–H and O–H groups in total. The number of anilines is 1. The second-order valence-electron chi connectivity index (χ2n) is 3.71. The van der Waals surface area contributed by atoms with Crippen molar-refractivity contribution in [3.63, 3.8) is 0 Å². The Morgan fingerprint density at radius 1 is 1.00 bits per heavy atom. The fourth-order valence-electron chi connectivity index (χ4n) is 1.53. The highest BCUT2D eigenvalue weighted by molar-refractivity contribution is 5.43. The van der Waals surface area contributed by atoms with Crippen LogP contribution in [0.25, 0.3) is 0 Å². The summed E-state index contributed by atoms with van der Waals surface area (Å²) in [6.45, 7) is 0.501. The van der Waals surface area contributed by atoms with E-state index < -0.39 is 0 Å². The average molecular weight is 229 g/mol. The van der Waals surface area contributed by atoms with Gasteiger partial charge in [-0.1, -0.05) is 18.2 Å². The first-order valence-corrected chi connectivity index (χ1v) is 5.39. The minimum absolute atomic E-state index is 0.501. The van der Waals surface area contributed by atoms with E-state index >= 15 is 0 Å². The van der Waals surface area contributed by atoms with Gasteiger partial charge in [0, 0.05) is 11.8 Å². The Hall–Kier alpha value is -2.16. The summed E-state index contributed by atoms with van der Waals surface area (Å²) in [4.78, 5) is 0. The zero-order chi connectivity index (χ0) is 12.1. The van der Waals surface area contributed by atoms with Crippen LogP contribution in [0.5, 0.6) is 11.5 Å². The molecule has 0 bridgehead atoms. The Bertz CT molecular complexity index is 497. The van der Waals surface area contributed by atoms with Gasteiger partial charge in [0.2, 0.25) is 0 Å². The molecule has 2 aromatic carbocycles. The third-order valence-electron chi connectivity index (χ3n) is 2.40. The van der Waals surface area contributed by atoms with E-state index in [9.17, 15) is 0 Å². The number of rotatable bonds is 4. The van der Waals surface area contributed by atoms with Crippen LogP contribution in [0.3, 0.4) is 0 Å². The number of nitrogens with two attached hydrogens (primary N) is 1. The van der Waals surface area contributed by atoms with Crippen LogP contribution in [0.1, 0.15) is 5.56 Å². The molecule has 0 unspecified atom stereocenters. The first-order chi connectivity index (χ1) is 8.28. The van der Waals surface area contributed by atoms with Gasteiger partial charge in [-0.05, 0) is 29.8 Å². The van der Waals surface area contributed by atoms with E-state index in [1.165, 1.54) is 0 Å². The molecular weight excluding hydrogens is 214 g/mol. The fraction of sp³-hybridized carbons (Fsp3) is 0.143. The van der Waals surface area contributed by atoms with Crippen LogP contribution in [0.4, 0.5) is 5.69 Å². The Morgan fingerprint density at radius 2 is 1.76 bits per heavy atom. The maximum absolute atomic E-state index is 5.67. The third kappa shape index (κ3) is 3.14. The highest BCUT2D eigenvalue weighted by atomic mass is 16.5. The zero-order valence-electron chi connectivity index (χ0n) is 9.72. The van der Waals surface area contributed by atoms with Gasteiger partial charge < -0.3 is 15.2 Å². The number of hydrogen-bond acceptors (Lipinski definition) is 3. The highest BCUT2D eigenvalue weighted by Crippen LogP contribution is 2.18. The molecule has 0 radical (unpaired) electrons. The van der Waals surface area contributed by atoms with E-state index in [0.717, 1.165) is 17.1 Å². The monoisotopic (exact) mass is 229 g/mol. The van der Waals surface area contributed by atoms with Gasteiger partial charge in [-0.3, -0.25) is 0 Å². The Morgan fingerprint density at radius 3 is 2.53 bits per heavy atom. The molecule has 0 fully saturated rings. The maximum Gasteiger partial charge on any atom is 0.121 e. The van der Waals surface area contributed by atoms with E-state index in [1.54, 1.807) is 13.2 Å². The van der Waals surface area contributed by atoms with Gasteiger partial charge in [0.1, 0.15) is 18.1 Å². The first kappa shape index (κ1) is 11.3. The first-order valence-electron chi connectivity index (χ1n) is 5.39. The lowest BCUT2D eigenvalue weighted by Gasteiger charge is -2.08. The molecule has 88 valence electrons. The molecule has 0 saturated carbocycles. The third-order valence-corrected chi connectivity index (χ3v) is 2.40. The summed E-state index contributed by atoms with van der Waals surface area (Å²) in [6, 6.07) is 15.2. The van der Waals surface area contributed by atoms with Crippen LogP contribution in [0.2, 0.25) is 0 Å². The summed E-state index contributed by atoms with van der Waals surface area (Å²) in [5.41, 5.74) is 7.44. The predicted molar refractivity (Wildman–Crippen MR) is 68.2 cm³/mol. The normalized spacial score (nSPS) is 9.94. The van der Waals surface area contributed by atoms with Gasteiger partial charge in [0.25, 0.3) is 0 Å². The van der Waals surface area contributed by atoms with Crippen LogP contribution < -0.4 is 15.2 Å². The summed E-state index contributed by atoms with van der Waals surface area (Å²) >= 11 is 0. The molecular formula is C14H15NO2. The number of methoxy groups -OCH3 is 1. The van der Waals surface area contributed by atoms with Crippen molar-refractivity contribution in [3.05, 3.63) is 54.1 Å². The number of hydrogen-bond donors (Lipinski definition) is 1. The molecule has 17 heavy (non-hydrogen) atoms. The SMILES string of the molecule is COc1cccc(COc2cccc(N)c2)c1. The second kappa shape index (κ2) is 5.25. The van der Waals surface area contributed by atoms with E-state index in [-0.39, 0.29) is 0 Å². The van der Waals surface area contributed by atoms with Crippen molar-refractivity contribution >= 4 is 5.69 Å². The second-order valence-corrected chi connectivity index (χ2v) is 3.71. The maximum atomic E-state index is 5.67. The number of benzene rings is 2. The summed E-state index contributed by atoms with van der Waals surface area (Å²) in [5.74, 6) is 1.60. The van der Waals surface area contributed by atoms with Crippen molar-refractivity contribution in [2.24, 2.45) is 0 Å². The predicted octanol–water partition coefficient (Wildman–Crippen LogP) is 2.86. The quantitative estimate of drug-likeness (QED) is 0.820. The molecule has 0 aromatic heterocycles. The molecule has 0 atom stereocenters. The van der Waals surface area contributed by atoms with E-state index in [0.29, 0.717) is 12.3 Å². The molecule has 3 heteroatoms. The average Bonchev–Trinajstić information content (AvgIpc) is 2.37. The summed E-state index contributed by atoms with van der Waals surface area (Å²) in [5, 5.41) is 0. The van der Waals surface area contributed by atoms with Crippen molar-refractivity contribution in [1.29, 1.82) is 0 Å². The molecule has 0 heterocycles. The van der Waals surface area contributed by atoms with E-state index in [4.69, 9.17) is 15.2 Å². The van der Waals surface area contributed by atoms with E-state index in [1.807, 2.05) is 42.5 Å². The topological polar surface area (TPSA) is 44.5 Å². The smallest absolute Gasteiger partial charge is 0.121 e. The molecule has 0 amide bonds. The largest absolute Gasteiger partial charge is 0.497 e. The van der Waals surface area contributed by atoms with Crippen molar-refractivity contribution < 1.29 is 9.47 Å². The molecule has 2 aromatic rings. The van der Waals surface area contributed by atoms with Crippen LogP contribution in [-0.4, -0.2) is 7.11 Å². The molecule has 0 spiro atoms. The lowest BCUT2D eigenvalue weighted by molar-refractivity contribution is 0.305. The van der Waals surface area contributed by atoms with Crippen LogP contribution in [0.15, 0.2) is 48.5 Å². The van der Waals surface area contributed by atoms with Crippen molar-refractivity contribution in [2.45, 2.75) is 6.61 Å². The van der Waals surface area contributed by atoms with Gasteiger partial charge >= 0.3 is 0 Å². The van der Waals surface area contributed by atoms with Crippen molar-refractivity contribution in [2.75, 3.05) is 12.8 Å². The van der Waals surface area contributed by atoms with Gasteiger partial charge in [-0.15, -0.1) is 0 Å². The Kier molecular flexibility index (Phi) is 3.50. The number of ether oxygens (including phenoxy) is 2. The molecule has 0 aliphatic heterocycles. The van der Waals surface area contributed by atoms with Crippen molar-refractivity contribution in [1.82, 2.24) is 0 Å². The van der Waals surface area contributed by atoms with Crippen LogP contribution in [-0.2, 0) is 6.61 Å². The Labute approximate surface area is 101 Å². The molecule has 0 saturated heterocycles. The highest BCUT2D eigenvalue weighted by Gasteiger charge is 1.98. The Balaban J connectivity index is 2.02. The molecule has 3 nitrogen and oxygen atoms in total. The standard InChI is InChI=1S/C14H15NO2/c1-16-13-6-2-4-11(8-13)10-17-14-7-3-5-12(15)9-14/h2-9H,10,15H2,1H3. The van der Waals surface area contributed by atoms with Gasteiger partial charge in [0.05, 0.1) is 7.11 Å². The molecule has 0 aliphatic carbocycles.